The summed E-state index contributed by atoms with van der Waals surface area (Å²) in [5, 5.41) is 2.83. The molecule has 1 amide bonds. The van der Waals surface area contributed by atoms with Gasteiger partial charge in [-0.05, 0) is 30.4 Å². The molecule has 2 nitrogen and oxygen atoms in total. The monoisotopic (exact) mass is 237 g/mol. The molecular weight excluding hydrogens is 222 g/mol. The maximum atomic E-state index is 11.2. The highest BCUT2D eigenvalue weighted by Gasteiger charge is 2.21. The summed E-state index contributed by atoms with van der Waals surface area (Å²) in [6, 6.07) is 7.96. The first-order valence-corrected chi connectivity index (χ1v) is 6.27. The number of halogens is 1. The van der Waals surface area contributed by atoms with Crippen LogP contribution in [0.5, 0.6) is 0 Å². The van der Waals surface area contributed by atoms with Gasteiger partial charge in [0, 0.05) is 5.69 Å². The summed E-state index contributed by atoms with van der Waals surface area (Å²) >= 11 is 5.48. The van der Waals surface area contributed by atoms with Crippen molar-refractivity contribution in [2.24, 2.45) is 5.92 Å². The number of carbonyl (C=O) groups is 1. The zero-order valence-electron chi connectivity index (χ0n) is 9.21. The second kappa shape index (κ2) is 5.35. The van der Waals surface area contributed by atoms with Crippen LogP contribution in [0.2, 0.25) is 0 Å². The molecule has 0 spiro atoms. The molecule has 0 unspecified atom stereocenters. The zero-order valence-corrected chi connectivity index (χ0v) is 9.96. The molecule has 1 fully saturated rings. The second-order valence-corrected chi connectivity index (χ2v) is 4.59. The van der Waals surface area contributed by atoms with Gasteiger partial charge in [0.25, 0.3) is 0 Å². The number of aryl methyl sites for hydroxylation is 1. The molecule has 1 N–H and O–H groups in total. The van der Waals surface area contributed by atoms with Crippen molar-refractivity contribution in [3.63, 3.8) is 0 Å². The number of rotatable bonds is 5. The van der Waals surface area contributed by atoms with E-state index in [1.54, 1.807) is 0 Å². The number of carbonyl (C=O) groups excluding carboxylic acids is 1. The predicted octanol–water partition coefficient (Wildman–Crippen LogP) is 3.21. The van der Waals surface area contributed by atoms with Crippen LogP contribution in [0.4, 0.5) is 5.69 Å². The number of hydrogen-bond acceptors (Lipinski definition) is 1. The first-order valence-electron chi connectivity index (χ1n) is 5.73. The minimum absolute atomic E-state index is 0.0109. The highest BCUT2D eigenvalue weighted by Crippen LogP contribution is 2.34. The van der Waals surface area contributed by atoms with Gasteiger partial charge in [-0.1, -0.05) is 31.0 Å². The number of nitrogens with one attached hydrogen (secondary N) is 1. The highest BCUT2D eigenvalue weighted by atomic mass is 35.5. The zero-order chi connectivity index (χ0) is 11.4. The Bertz CT molecular complexity index is 374. The Kier molecular flexibility index (Phi) is 3.83. The van der Waals surface area contributed by atoms with Crippen molar-refractivity contribution in [1.29, 1.82) is 0 Å². The van der Waals surface area contributed by atoms with Gasteiger partial charge in [-0.3, -0.25) is 4.79 Å². The van der Waals surface area contributed by atoms with Crippen molar-refractivity contribution in [3.8, 4) is 0 Å². The van der Waals surface area contributed by atoms with Gasteiger partial charge in [-0.15, -0.1) is 11.6 Å². The molecular formula is C13H16ClNO. The summed E-state index contributed by atoms with van der Waals surface area (Å²) in [4.78, 5) is 11.2. The van der Waals surface area contributed by atoms with Gasteiger partial charge >= 0.3 is 0 Å². The van der Waals surface area contributed by atoms with Crippen LogP contribution in [-0.4, -0.2) is 11.8 Å². The molecule has 16 heavy (non-hydrogen) atoms. The molecule has 3 heteroatoms. The fraction of sp³-hybridized carbons (Fsp3) is 0.462. The molecule has 1 saturated carbocycles. The average molecular weight is 238 g/mol. The largest absolute Gasteiger partial charge is 0.325 e. The summed E-state index contributed by atoms with van der Waals surface area (Å²) in [5.74, 6) is 0.786. The lowest BCUT2D eigenvalue weighted by Gasteiger charge is -2.09. The van der Waals surface area contributed by atoms with Gasteiger partial charge in [0.05, 0.1) is 0 Å². The first kappa shape index (κ1) is 11.5. The molecule has 1 aliphatic carbocycles. The Labute approximate surface area is 101 Å². The Morgan fingerprint density at radius 1 is 1.38 bits per heavy atom. The van der Waals surface area contributed by atoms with Gasteiger partial charge in [-0.2, -0.15) is 0 Å². The summed E-state index contributed by atoms with van der Waals surface area (Å²) in [5.41, 5.74) is 2.13. The highest BCUT2D eigenvalue weighted by molar-refractivity contribution is 6.29. The van der Waals surface area contributed by atoms with Crippen molar-refractivity contribution in [1.82, 2.24) is 0 Å². The van der Waals surface area contributed by atoms with Crippen LogP contribution in [0.25, 0.3) is 0 Å². The molecule has 0 radical (unpaired) electrons. The molecule has 0 aliphatic heterocycles. The van der Waals surface area contributed by atoms with Gasteiger partial charge < -0.3 is 5.32 Å². The van der Waals surface area contributed by atoms with Crippen LogP contribution in [-0.2, 0) is 11.2 Å². The van der Waals surface area contributed by atoms with E-state index in [1.165, 1.54) is 24.8 Å². The third kappa shape index (κ3) is 3.24. The molecule has 1 aromatic rings. The van der Waals surface area contributed by atoms with Gasteiger partial charge in [-0.25, -0.2) is 0 Å². The quantitative estimate of drug-likeness (QED) is 0.783. The van der Waals surface area contributed by atoms with Gasteiger partial charge in [0.1, 0.15) is 5.88 Å². The predicted molar refractivity (Wildman–Crippen MR) is 66.8 cm³/mol. The number of benzene rings is 1. The van der Waals surface area contributed by atoms with Crippen LogP contribution in [0.1, 0.15) is 24.8 Å². The Hall–Kier alpha value is -1.02. The van der Waals surface area contributed by atoms with Crippen LogP contribution in [0.3, 0.4) is 0 Å². The molecule has 0 bridgehead atoms. The van der Waals surface area contributed by atoms with E-state index in [4.69, 9.17) is 11.6 Å². The van der Waals surface area contributed by atoms with E-state index in [9.17, 15) is 4.79 Å². The lowest BCUT2D eigenvalue weighted by molar-refractivity contribution is -0.113. The number of alkyl halides is 1. The van der Waals surface area contributed by atoms with Crippen molar-refractivity contribution in [3.05, 3.63) is 29.8 Å². The molecule has 0 aromatic heterocycles. The van der Waals surface area contributed by atoms with Crippen LogP contribution in [0.15, 0.2) is 24.3 Å². The number of hydrogen-bond donors (Lipinski definition) is 1. The maximum absolute atomic E-state index is 11.2. The Morgan fingerprint density at radius 3 is 2.81 bits per heavy atom. The molecule has 86 valence electrons. The first-order chi connectivity index (χ1) is 7.79. The second-order valence-electron chi connectivity index (χ2n) is 4.32. The van der Waals surface area contributed by atoms with E-state index in [1.807, 2.05) is 18.2 Å². The van der Waals surface area contributed by atoms with Gasteiger partial charge in [0.2, 0.25) is 5.91 Å². The van der Waals surface area contributed by atoms with Crippen LogP contribution in [0, 0.1) is 5.92 Å². The molecule has 0 heterocycles. The van der Waals surface area contributed by atoms with E-state index in [-0.39, 0.29) is 11.8 Å². The van der Waals surface area contributed by atoms with Crippen LogP contribution >= 0.6 is 11.6 Å². The Morgan fingerprint density at radius 2 is 2.12 bits per heavy atom. The maximum Gasteiger partial charge on any atom is 0.239 e. The normalized spacial score (nSPS) is 14.8. The van der Waals surface area contributed by atoms with E-state index in [0.29, 0.717) is 0 Å². The van der Waals surface area contributed by atoms with Crippen LogP contribution < -0.4 is 5.32 Å². The topological polar surface area (TPSA) is 29.1 Å². The molecule has 0 atom stereocenters. The minimum Gasteiger partial charge on any atom is -0.325 e. The lowest BCUT2D eigenvalue weighted by Crippen LogP contribution is -2.14. The molecule has 0 saturated heterocycles. The lowest BCUT2D eigenvalue weighted by atomic mass is 10.1. The number of para-hydroxylation sites is 1. The average Bonchev–Trinajstić information content (AvgIpc) is 3.11. The van der Waals surface area contributed by atoms with E-state index in [2.05, 4.69) is 11.4 Å². The summed E-state index contributed by atoms with van der Waals surface area (Å²) in [6.07, 6.45) is 5.02. The molecule has 2 rings (SSSR count). The SMILES string of the molecule is O=C(CCl)Nc1ccccc1CCC1CC1. The van der Waals surface area contributed by atoms with E-state index < -0.39 is 0 Å². The van der Waals surface area contributed by atoms with Crippen molar-refractivity contribution in [2.45, 2.75) is 25.7 Å². The fourth-order valence-corrected chi connectivity index (χ4v) is 1.88. The van der Waals surface area contributed by atoms with E-state index >= 15 is 0 Å². The number of amides is 1. The summed E-state index contributed by atoms with van der Waals surface area (Å²) in [6.45, 7) is 0. The molecule has 1 aromatic carbocycles. The van der Waals surface area contributed by atoms with E-state index in [0.717, 1.165) is 18.0 Å². The summed E-state index contributed by atoms with van der Waals surface area (Å²) in [7, 11) is 0. The fourth-order valence-electron chi connectivity index (χ4n) is 1.81. The van der Waals surface area contributed by atoms with Crippen molar-refractivity contribution >= 4 is 23.2 Å². The van der Waals surface area contributed by atoms with Crippen molar-refractivity contribution in [2.75, 3.05) is 11.2 Å². The minimum atomic E-state index is -0.138. The third-order valence-corrected chi connectivity index (χ3v) is 3.17. The van der Waals surface area contributed by atoms with Crippen molar-refractivity contribution < 1.29 is 4.79 Å². The number of anilines is 1. The molecule has 1 aliphatic rings. The summed E-state index contributed by atoms with van der Waals surface area (Å²) < 4.78 is 0. The smallest absolute Gasteiger partial charge is 0.239 e. The standard InChI is InChI=1S/C13H16ClNO/c14-9-13(16)15-12-4-2-1-3-11(12)8-7-10-5-6-10/h1-4,10H,5-9H2,(H,15,16). The van der Waals surface area contributed by atoms with Gasteiger partial charge in [0.15, 0.2) is 0 Å². The third-order valence-electron chi connectivity index (χ3n) is 2.93. The Balaban J connectivity index is 2.00.